The first-order valence-electron chi connectivity index (χ1n) is 4.33. The summed E-state index contributed by atoms with van der Waals surface area (Å²) in [6, 6.07) is 0. The van der Waals surface area contributed by atoms with Crippen molar-refractivity contribution in [3.8, 4) is 0 Å². The van der Waals surface area contributed by atoms with Gasteiger partial charge in [0, 0.05) is 0 Å². The van der Waals surface area contributed by atoms with E-state index in [2.05, 4.69) is 13.8 Å². The van der Waals surface area contributed by atoms with Crippen LogP contribution in [0.2, 0.25) is 0 Å². The van der Waals surface area contributed by atoms with E-state index in [-0.39, 0.29) is 5.78 Å². The van der Waals surface area contributed by atoms with Gasteiger partial charge in [0.1, 0.15) is 0 Å². The predicted molar refractivity (Wildman–Crippen MR) is 48.6 cm³/mol. The van der Waals surface area contributed by atoms with Gasteiger partial charge in [0.25, 0.3) is 0 Å². The first-order valence-corrected chi connectivity index (χ1v) is 4.33. The molecule has 0 saturated carbocycles. The van der Waals surface area contributed by atoms with Crippen LogP contribution in [0, 0.1) is 0 Å². The first-order chi connectivity index (χ1) is 5.13. The summed E-state index contributed by atoms with van der Waals surface area (Å²) in [4.78, 5) is 11.0. The Morgan fingerprint density at radius 2 is 1.73 bits per heavy atom. The van der Waals surface area contributed by atoms with Crippen molar-refractivity contribution in [2.24, 2.45) is 0 Å². The van der Waals surface area contributed by atoms with Crippen molar-refractivity contribution in [1.29, 1.82) is 0 Å². The van der Waals surface area contributed by atoms with E-state index in [1.54, 1.807) is 6.92 Å². The van der Waals surface area contributed by atoms with Crippen LogP contribution in [0.1, 0.15) is 47.0 Å². The van der Waals surface area contributed by atoms with Gasteiger partial charge in [-0.3, -0.25) is 4.79 Å². The molecule has 1 heteroatoms. The monoisotopic (exact) mass is 154 g/mol. The van der Waals surface area contributed by atoms with Gasteiger partial charge in [-0.05, 0) is 32.3 Å². The second-order valence-electron chi connectivity index (χ2n) is 2.92. The average molecular weight is 154 g/mol. The summed E-state index contributed by atoms with van der Waals surface area (Å²) < 4.78 is 0. The van der Waals surface area contributed by atoms with Crippen LogP contribution < -0.4 is 0 Å². The number of Topliss-reactive ketones (excluding diaryl/α,β-unsaturated/α-hetero) is 1. The molecule has 64 valence electrons. The molecule has 0 unspecified atom stereocenters. The summed E-state index contributed by atoms with van der Waals surface area (Å²) >= 11 is 0. The van der Waals surface area contributed by atoms with Crippen molar-refractivity contribution in [3.05, 3.63) is 11.1 Å². The maximum Gasteiger partial charge on any atom is 0.155 e. The maximum absolute atomic E-state index is 11.0. The highest BCUT2D eigenvalue weighted by Crippen LogP contribution is 2.14. The van der Waals surface area contributed by atoms with E-state index in [4.69, 9.17) is 0 Å². The van der Waals surface area contributed by atoms with Gasteiger partial charge in [0.05, 0.1) is 0 Å². The Morgan fingerprint density at radius 3 is 2.00 bits per heavy atom. The van der Waals surface area contributed by atoms with Gasteiger partial charge in [0.2, 0.25) is 0 Å². The molecule has 0 heterocycles. The average Bonchev–Trinajstić information content (AvgIpc) is 1.88. The van der Waals surface area contributed by atoms with Crippen molar-refractivity contribution in [3.63, 3.8) is 0 Å². The molecule has 0 aromatic rings. The quantitative estimate of drug-likeness (QED) is 0.569. The molecule has 0 aromatic heterocycles. The second kappa shape index (κ2) is 5.11. The first kappa shape index (κ1) is 10.4. The molecule has 11 heavy (non-hydrogen) atoms. The molecular formula is C10H18O. The molecule has 1 nitrogen and oxygen atoms in total. The molecule has 0 spiro atoms. The minimum absolute atomic E-state index is 0.235. The third kappa shape index (κ3) is 3.35. The van der Waals surface area contributed by atoms with Gasteiger partial charge in [-0.15, -0.1) is 0 Å². The number of hydrogen-bond donors (Lipinski definition) is 0. The van der Waals surface area contributed by atoms with E-state index in [9.17, 15) is 4.79 Å². The van der Waals surface area contributed by atoms with E-state index < -0.39 is 0 Å². The van der Waals surface area contributed by atoms with Crippen molar-refractivity contribution >= 4 is 5.78 Å². The summed E-state index contributed by atoms with van der Waals surface area (Å²) in [5, 5.41) is 0. The molecule has 0 aliphatic heterocycles. The SMILES string of the molecule is CCC/C(C)=C(/CC)C(C)=O. The van der Waals surface area contributed by atoms with E-state index in [1.807, 2.05) is 6.92 Å². The standard InChI is InChI=1S/C10H18O/c1-5-7-8(3)10(6-2)9(4)11/h5-7H2,1-4H3/b10-8-. The lowest BCUT2D eigenvalue weighted by molar-refractivity contribution is -0.113. The Balaban J connectivity index is 4.40. The summed E-state index contributed by atoms with van der Waals surface area (Å²) in [7, 11) is 0. The van der Waals surface area contributed by atoms with Crippen molar-refractivity contribution < 1.29 is 4.79 Å². The van der Waals surface area contributed by atoms with Gasteiger partial charge in [-0.2, -0.15) is 0 Å². The number of hydrogen-bond acceptors (Lipinski definition) is 1. The zero-order chi connectivity index (χ0) is 8.85. The van der Waals surface area contributed by atoms with Crippen LogP contribution in [-0.4, -0.2) is 5.78 Å². The molecule has 0 aliphatic carbocycles. The molecule has 0 amide bonds. The van der Waals surface area contributed by atoms with Crippen LogP contribution in [0.4, 0.5) is 0 Å². The zero-order valence-electron chi connectivity index (χ0n) is 8.03. The summed E-state index contributed by atoms with van der Waals surface area (Å²) in [5.74, 6) is 0.235. The Labute approximate surface area is 69.5 Å². The Bertz CT molecular complexity index is 166. The van der Waals surface area contributed by atoms with Crippen LogP contribution in [0.25, 0.3) is 0 Å². The molecule has 0 aliphatic rings. The molecule has 0 rings (SSSR count). The number of carbonyl (C=O) groups excluding carboxylic acids is 1. The fraction of sp³-hybridized carbons (Fsp3) is 0.700. The smallest absolute Gasteiger partial charge is 0.155 e. The van der Waals surface area contributed by atoms with Crippen molar-refractivity contribution in [2.45, 2.75) is 47.0 Å². The molecule has 0 radical (unpaired) electrons. The molecular weight excluding hydrogens is 136 g/mol. The highest BCUT2D eigenvalue weighted by atomic mass is 16.1. The van der Waals surface area contributed by atoms with Gasteiger partial charge in [-0.25, -0.2) is 0 Å². The highest BCUT2D eigenvalue weighted by molar-refractivity contribution is 5.93. The lowest BCUT2D eigenvalue weighted by atomic mass is 10.0. The molecule has 0 bridgehead atoms. The van der Waals surface area contributed by atoms with Gasteiger partial charge >= 0.3 is 0 Å². The van der Waals surface area contributed by atoms with E-state index >= 15 is 0 Å². The minimum atomic E-state index is 0.235. The highest BCUT2D eigenvalue weighted by Gasteiger charge is 2.03. The maximum atomic E-state index is 11.0. The zero-order valence-corrected chi connectivity index (χ0v) is 8.03. The topological polar surface area (TPSA) is 17.1 Å². The molecule has 0 fully saturated rings. The van der Waals surface area contributed by atoms with Crippen LogP contribution in [0.3, 0.4) is 0 Å². The molecule has 0 N–H and O–H groups in total. The molecule has 0 saturated heterocycles. The third-order valence-corrected chi connectivity index (χ3v) is 1.92. The largest absolute Gasteiger partial charge is 0.295 e. The third-order valence-electron chi connectivity index (χ3n) is 1.92. The van der Waals surface area contributed by atoms with Crippen LogP contribution in [0.5, 0.6) is 0 Å². The summed E-state index contributed by atoms with van der Waals surface area (Å²) in [5.41, 5.74) is 2.29. The predicted octanol–water partition coefficient (Wildman–Crippen LogP) is 3.10. The van der Waals surface area contributed by atoms with Crippen LogP contribution in [0.15, 0.2) is 11.1 Å². The fourth-order valence-corrected chi connectivity index (χ4v) is 1.38. The van der Waals surface area contributed by atoms with Crippen molar-refractivity contribution in [2.75, 3.05) is 0 Å². The van der Waals surface area contributed by atoms with E-state index in [1.165, 1.54) is 5.57 Å². The molecule has 0 aromatic carbocycles. The Hall–Kier alpha value is -0.590. The van der Waals surface area contributed by atoms with Crippen LogP contribution in [-0.2, 0) is 4.79 Å². The Morgan fingerprint density at radius 1 is 1.18 bits per heavy atom. The number of ketones is 1. The van der Waals surface area contributed by atoms with Crippen LogP contribution >= 0.6 is 0 Å². The van der Waals surface area contributed by atoms with Gasteiger partial charge in [-0.1, -0.05) is 25.8 Å². The van der Waals surface area contributed by atoms with E-state index in [0.717, 1.165) is 24.8 Å². The van der Waals surface area contributed by atoms with Gasteiger partial charge < -0.3 is 0 Å². The van der Waals surface area contributed by atoms with Gasteiger partial charge in [0.15, 0.2) is 5.78 Å². The number of rotatable bonds is 4. The number of carbonyl (C=O) groups is 1. The lowest BCUT2D eigenvalue weighted by Gasteiger charge is -2.05. The Kier molecular flexibility index (Phi) is 4.84. The summed E-state index contributed by atoms with van der Waals surface area (Å²) in [6.45, 7) is 7.88. The normalized spacial score (nSPS) is 12.7. The second-order valence-corrected chi connectivity index (χ2v) is 2.92. The molecule has 0 atom stereocenters. The fourth-order valence-electron chi connectivity index (χ4n) is 1.38. The number of allylic oxidation sites excluding steroid dienone is 2. The lowest BCUT2D eigenvalue weighted by Crippen LogP contribution is -1.98. The van der Waals surface area contributed by atoms with Crippen molar-refractivity contribution in [1.82, 2.24) is 0 Å². The minimum Gasteiger partial charge on any atom is -0.295 e. The summed E-state index contributed by atoms with van der Waals surface area (Å²) in [6.07, 6.45) is 3.06. The van der Waals surface area contributed by atoms with E-state index in [0.29, 0.717) is 0 Å².